The van der Waals surface area contributed by atoms with Gasteiger partial charge in [-0.15, -0.1) is 5.10 Å². The second-order valence-corrected chi connectivity index (χ2v) is 3.16. The molecule has 5 nitrogen and oxygen atoms in total. The predicted octanol–water partition coefficient (Wildman–Crippen LogP) is 0.610. The highest BCUT2D eigenvalue weighted by molar-refractivity contribution is 5.46. The fourth-order valence-corrected chi connectivity index (χ4v) is 1.05. The maximum atomic E-state index is 5.68. The largest absolute Gasteiger partial charge is 0.472 e. The van der Waals surface area contributed by atoms with Crippen LogP contribution in [0.3, 0.4) is 0 Å². The summed E-state index contributed by atoms with van der Waals surface area (Å²) in [6.45, 7) is 0.401. The first-order chi connectivity index (χ1) is 6.29. The molecule has 0 saturated heterocycles. The van der Waals surface area contributed by atoms with Gasteiger partial charge in [0.15, 0.2) is 0 Å². The van der Waals surface area contributed by atoms with Crippen LogP contribution in [0.4, 0.5) is 5.69 Å². The molecule has 72 valence electrons. The van der Waals surface area contributed by atoms with Gasteiger partial charge in [0.1, 0.15) is 18.5 Å². The van der Waals surface area contributed by atoms with Crippen molar-refractivity contribution in [1.82, 2.24) is 9.78 Å². The standard InChI is InChI=1S/C8H13N3O2/c1-12-5-11-4-7(9)8(10-11)13-6-2-3-6/h4,6H,2-3,5,9H2,1H3. The molecule has 2 N–H and O–H groups in total. The van der Waals surface area contributed by atoms with Gasteiger partial charge in [-0.05, 0) is 12.8 Å². The highest BCUT2D eigenvalue weighted by Crippen LogP contribution is 2.28. The fraction of sp³-hybridized carbons (Fsp3) is 0.625. The minimum absolute atomic E-state index is 0.327. The molecule has 13 heavy (non-hydrogen) atoms. The Kier molecular flexibility index (Phi) is 2.10. The van der Waals surface area contributed by atoms with E-state index in [0.717, 1.165) is 12.8 Å². The van der Waals surface area contributed by atoms with Gasteiger partial charge in [0.05, 0.1) is 6.20 Å². The third-order valence-corrected chi connectivity index (χ3v) is 1.82. The lowest BCUT2D eigenvalue weighted by Gasteiger charge is -1.99. The van der Waals surface area contributed by atoms with Crippen LogP contribution < -0.4 is 10.5 Å². The Labute approximate surface area is 76.4 Å². The van der Waals surface area contributed by atoms with Crippen molar-refractivity contribution in [3.63, 3.8) is 0 Å². The van der Waals surface area contributed by atoms with Crippen LogP contribution in [0, 0.1) is 0 Å². The first kappa shape index (κ1) is 8.37. The highest BCUT2D eigenvalue weighted by atomic mass is 16.5. The van der Waals surface area contributed by atoms with Crippen molar-refractivity contribution in [3.8, 4) is 5.88 Å². The minimum atomic E-state index is 0.327. The topological polar surface area (TPSA) is 62.3 Å². The van der Waals surface area contributed by atoms with Gasteiger partial charge >= 0.3 is 0 Å². The summed E-state index contributed by atoms with van der Waals surface area (Å²) in [4.78, 5) is 0. The average molecular weight is 183 g/mol. The summed E-state index contributed by atoms with van der Waals surface area (Å²) in [6, 6.07) is 0. The second-order valence-electron chi connectivity index (χ2n) is 3.16. The van der Waals surface area contributed by atoms with Crippen molar-refractivity contribution < 1.29 is 9.47 Å². The molecule has 0 bridgehead atoms. The zero-order chi connectivity index (χ0) is 9.26. The first-order valence-corrected chi connectivity index (χ1v) is 4.28. The van der Waals surface area contributed by atoms with Crippen LogP contribution in [-0.2, 0) is 11.5 Å². The lowest BCUT2D eigenvalue weighted by atomic mass is 10.6. The van der Waals surface area contributed by atoms with E-state index in [0.29, 0.717) is 24.4 Å². The summed E-state index contributed by atoms with van der Waals surface area (Å²) in [5.41, 5.74) is 6.26. The van der Waals surface area contributed by atoms with Gasteiger partial charge in [-0.2, -0.15) is 0 Å². The molecule has 0 amide bonds. The molecule has 1 aliphatic carbocycles. The lowest BCUT2D eigenvalue weighted by Crippen LogP contribution is -2.02. The van der Waals surface area contributed by atoms with E-state index >= 15 is 0 Å². The minimum Gasteiger partial charge on any atom is -0.472 e. The quantitative estimate of drug-likeness (QED) is 0.742. The Hall–Kier alpha value is -1.23. The number of anilines is 1. The van der Waals surface area contributed by atoms with E-state index in [2.05, 4.69) is 5.10 Å². The van der Waals surface area contributed by atoms with Gasteiger partial charge < -0.3 is 15.2 Å². The molecule has 0 atom stereocenters. The fourth-order valence-electron chi connectivity index (χ4n) is 1.05. The van der Waals surface area contributed by atoms with E-state index in [1.54, 1.807) is 18.0 Å². The normalized spacial score (nSPS) is 16.1. The van der Waals surface area contributed by atoms with Crippen LogP contribution >= 0.6 is 0 Å². The van der Waals surface area contributed by atoms with Gasteiger partial charge in [0.25, 0.3) is 5.88 Å². The molecule has 2 rings (SSSR count). The predicted molar refractivity (Wildman–Crippen MR) is 47.3 cm³/mol. The Morgan fingerprint density at radius 1 is 1.69 bits per heavy atom. The number of aromatic nitrogens is 2. The molecular formula is C8H13N3O2. The Bertz CT molecular complexity index is 294. The number of hydrogen-bond acceptors (Lipinski definition) is 4. The van der Waals surface area contributed by atoms with Crippen molar-refractivity contribution in [1.29, 1.82) is 0 Å². The Morgan fingerprint density at radius 3 is 3.08 bits per heavy atom. The Balaban J connectivity index is 2.05. The Morgan fingerprint density at radius 2 is 2.46 bits per heavy atom. The molecule has 0 aliphatic heterocycles. The first-order valence-electron chi connectivity index (χ1n) is 4.28. The summed E-state index contributed by atoms with van der Waals surface area (Å²) in [6.07, 6.45) is 4.25. The maximum Gasteiger partial charge on any atom is 0.256 e. The lowest BCUT2D eigenvalue weighted by molar-refractivity contribution is 0.118. The molecule has 1 aliphatic rings. The molecule has 1 saturated carbocycles. The molecule has 1 aromatic rings. The van der Waals surface area contributed by atoms with Crippen molar-refractivity contribution in [2.45, 2.75) is 25.7 Å². The van der Waals surface area contributed by atoms with E-state index < -0.39 is 0 Å². The maximum absolute atomic E-state index is 5.68. The highest BCUT2D eigenvalue weighted by Gasteiger charge is 2.25. The summed E-state index contributed by atoms with van der Waals surface area (Å²) < 4.78 is 12.0. The molecule has 0 unspecified atom stereocenters. The van der Waals surface area contributed by atoms with E-state index in [1.807, 2.05) is 0 Å². The van der Waals surface area contributed by atoms with Gasteiger partial charge in [0.2, 0.25) is 0 Å². The summed E-state index contributed by atoms with van der Waals surface area (Å²) in [7, 11) is 1.61. The van der Waals surface area contributed by atoms with Crippen molar-refractivity contribution >= 4 is 5.69 Å². The van der Waals surface area contributed by atoms with Crippen LogP contribution in [0.15, 0.2) is 6.20 Å². The number of rotatable bonds is 4. The van der Waals surface area contributed by atoms with E-state index in [1.165, 1.54) is 0 Å². The van der Waals surface area contributed by atoms with Crippen LogP contribution in [0.2, 0.25) is 0 Å². The van der Waals surface area contributed by atoms with Crippen LogP contribution in [0.25, 0.3) is 0 Å². The molecule has 0 aromatic carbocycles. The monoisotopic (exact) mass is 183 g/mol. The van der Waals surface area contributed by atoms with Crippen molar-refractivity contribution in [3.05, 3.63) is 6.20 Å². The average Bonchev–Trinajstić information content (AvgIpc) is 2.81. The molecule has 1 heterocycles. The molecule has 5 heteroatoms. The zero-order valence-electron chi connectivity index (χ0n) is 7.56. The molecule has 1 fully saturated rings. The molecule has 0 radical (unpaired) electrons. The zero-order valence-corrected chi connectivity index (χ0v) is 7.56. The van der Waals surface area contributed by atoms with Crippen LogP contribution in [-0.4, -0.2) is 23.0 Å². The third kappa shape index (κ3) is 1.92. The van der Waals surface area contributed by atoms with E-state index in [-0.39, 0.29) is 0 Å². The third-order valence-electron chi connectivity index (χ3n) is 1.82. The molecule has 0 spiro atoms. The summed E-state index contributed by atoms with van der Waals surface area (Å²) >= 11 is 0. The smallest absolute Gasteiger partial charge is 0.256 e. The molecule has 1 aromatic heterocycles. The van der Waals surface area contributed by atoms with Crippen molar-refractivity contribution in [2.24, 2.45) is 0 Å². The van der Waals surface area contributed by atoms with Crippen LogP contribution in [0.5, 0.6) is 5.88 Å². The van der Waals surface area contributed by atoms with E-state index in [9.17, 15) is 0 Å². The number of methoxy groups -OCH3 is 1. The summed E-state index contributed by atoms with van der Waals surface area (Å²) in [5.74, 6) is 0.527. The van der Waals surface area contributed by atoms with Crippen LogP contribution in [0.1, 0.15) is 12.8 Å². The van der Waals surface area contributed by atoms with Gasteiger partial charge in [-0.3, -0.25) is 0 Å². The number of nitrogen functional groups attached to an aromatic ring is 1. The number of nitrogens with zero attached hydrogens (tertiary/aromatic N) is 2. The van der Waals surface area contributed by atoms with Gasteiger partial charge in [0, 0.05) is 7.11 Å². The van der Waals surface area contributed by atoms with Gasteiger partial charge in [-0.25, -0.2) is 4.68 Å². The number of nitrogens with two attached hydrogens (primary N) is 1. The second kappa shape index (κ2) is 3.26. The SMILES string of the molecule is COCn1cc(N)c(OC2CC2)n1. The summed E-state index contributed by atoms with van der Waals surface area (Å²) in [5, 5.41) is 4.12. The number of ether oxygens (including phenoxy) is 2. The number of hydrogen-bond donors (Lipinski definition) is 1. The van der Waals surface area contributed by atoms with E-state index in [4.69, 9.17) is 15.2 Å². The van der Waals surface area contributed by atoms with Crippen molar-refractivity contribution in [2.75, 3.05) is 12.8 Å². The molecular weight excluding hydrogens is 170 g/mol. The van der Waals surface area contributed by atoms with Gasteiger partial charge in [-0.1, -0.05) is 0 Å².